The van der Waals surface area contributed by atoms with Gasteiger partial charge in [0.25, 0.3) is 5.91 Å². The molecule has 2 heterocycles. The van der Waals surface area contributed by atoms with Crippen molar-refractivity contribution in [2.24, 2.45) is 0 Å². The first-order valence-corrected chi connectivity index (χ1v) is 7.18. The molecule has 3 rings (SSSR count). The van der Waals surface area contributed by atoms with Gasteiger partial charge in [-0.3, -0.25) is 4.79 Å². The van der Waals surface area contributed by atoms with E-state index in [1.807, 2.05) is 38.1 Å². The quantitative estimate of drug-likeness (QED) is 0.756. The van der Waals surface area contributed by atoms with Crippen LogP contribution in [0.5, 0.6) is 0 Å². The molecule has 0 saturated carbocycles. The number of anilines is 1. The van der Waals surface area contributed by atoms with Crippen LogP contribution in [0.15, 0.2) is 36.5 Å². The van der Waals surface area contributed by atoms with Gasteiger partial charge in [0.05, 0.1) is 17.5 Å². The first kappa shape index (κ1) is 16.1. The fourth-order valence-electron chi connectivity index (χ4n) is 1.86. The molecule has 0 fully saturated rings. The fraction of sp³-hybridized carbons (Fsp3) is 0.267. The van der Waals surface area contributed by atoms with Crippen molar-refractivity contribution in [3.8, 4) is 0 Å². The topological polar surface area (TPSA) is 54.9 Å². The number of nitrogens with one attached hydrogen (secondary N) is 1. The molecule has 1 aromatic heterocycles. The Morgan fingerprint density at radius 1 is 1.15 bits per heavy atom. The van der Waals surface area contributed by atoms with Crippen LogP contribution >= 0.6 is 11.6 Å². The van der Waals surface area contributed by atoms with Crippen molar-refractivity contribution in [3.05, 3.63) is 53.3 Å². The molecule has 1 aliphatic heterocycles. The molecule has 0 spiro atoms. The molecule has 1 amide bonds. The van der Waals surface area contributed by atoms with Crippen LogP contribution in [0.3, 0.4) is 0 Å². The molecular formula is C15H18ClN3O. The van der Waals surface area contributed by atoms with E-state index in [1.54, 1.807) is 6.07 Å². The molecule has 106 valence electrons. The third-order valence-corrected chi connectivity index (χ3v) is 2.67. The summed E-state index contributed by atoms with van der Waals surface area (Å²) in [5, 5.41) is 10.7. The normalized spacial score (nSPS) is 11.3. The lowest BCUT2D eigenvalue weighted by Crippen LogP contribution is -2.12. The van der Waals surface area contributed by atoms with Gasteiger partial charge in [-0.15, -0.1) is 11.6 Å². The third-order valence-electron chi connectivity index (χ3n) is 2.67. The highest BCUT2D eigenvalue weighted by atomic mass is 35.5. The maximum Gasteiger partial charge on any atom is 0.257 e. The summed E-state index contributed by atoms with van der Waals surface area (Å²) < 4.78 is 0. The molecule has 1 N–H and O–H groups in total. The van der Waals surface area contributed by atoms with E-state index in [2.05, 4.69) is 27.1 Å². The first-order valence-electron chi connectivity index (χ1n) is 6.42. The van der Waals surface area contributed by atoms with E-state index in [-0.39, 0.29) is 5.91 Å². The Bertz CT molecular complexity index is 573. The zero-order chi connectivity index (χ0) is 15.0. The molecular weight excluding hydrogens is 274 g/mol. The predicted octanol–water partition coefficient (Wildman–Crippen LogP) is 3.51. The standard InChI is InChI=1S/C12H9N3O.C2H6.CH3Cl/c16-12-9-5-6-13-15-11(9)7-8-3-1-2-4-10(8)14-12;2*1-2/h1-6H,7H2,(H,14,16);1-2H3;1H3. The number of benzene rings is 1. The largest absolute Gasteiger partial charge is 0.322 e. The van der Waals surface area contributed by atoms with Gasteiger partial charge in [0.15, 0.2) is 0 Å². The van der Waals surface area contributed by atoms with Gasteiger partial charge in [-0.1, -0.05) is 32.0 Å². The molecule has 1 aliphatic rings. The number of hydrogen-bond donors (Lipinski definition) is 1. The number of carbonyl (C=O) groups excluding carboxylic acids is 1. The minimum atomic E-state index is -0.116. The van der Waals surface area contributed by atoms with Crippen LogP contribution in [-0.2, 0) is 6.42 Å². The van der Waals surface area contributed by atoms with Gasteiger partial charge >= 0.3 is 0 Å². The molecule has 0 unspecified atom stereocenters. The second-order valence-corrected chi connectivity index (χ2v) is 3.68. The van der Waals surface area contributed by atoms with E-state index in [4.69, 9.17) is 0 Å². The van der Waals surface area contributed by atoms with Crippen LogP contribution in [0.2, 0.25) is 0 Å². The minimum Gasteiger partial charge on any atom is -0.322 e. The number of halogens is 1. The average Bonchev–Trinajstić information content (AvgIpc) is 2.67. The number of para-hydroxylation sites is 1. The Balaban J connectivity index is 0.000000461. The Labute approximate surface area is 124 Å². The number of rotatable bonds is 0. The number of alkyl halides is 1. The van der Waals surface area contributed by atoms with Gasteiger partial charge in [-0.05, 0) is 17.7 Å². The van der Waals surface area contributed by atoms with Crippen molar-refractivity contribution in [1.29, 1.82) is 0 Å². The van der Waals surface area contributed by atoms with Gasteiger partial charge in [0.2, 0.25) is 0 Å². The van der Waals surface area contributed by atoms with Crippen LogP contribution in [0.1, 0.15) is 35.5 Å². The van der Waals surface area contributed by atoms with Gasteiger partial charge in [0, 0.05) is 18.5 Å². The molecule has 0 radical (unpaired) electrons. The van der Waals surface area contributed by atoms with Crippen LogP contribution in [0, 0.1) is 0 Å². The average molecular weight is 292 g/mol. The molecule has 5 heteroatoms. The smallest absolute Gasteiger partial charge is 0.257 e. The molecule has 0 aliphatic carbocycles. The molecule has 0 bridgehead atoms. The van der Waals surface area contributed by atoms with Crippen molar-refractivity contribution in [2.75, 3.05) is 11.7 Å². The zero-order valence-corrected chi connectivity index (χ0v) is 12.6. The summed E-state index contributed by atoms with van der Waals surface area (Å²) in [6, 6.07) is 9.43. The molecule has 20 heavy (non-hydrogen) atoms. The number of amides is 1. The number of fused-ring (bicyclic) bond motifs is 2. The summed E-state index contributed by atoms with van der Waals surface area (Å²) in [7, 11) is 0. The maximum atomic E-state index is 11.9. The molecule has 0 atom stereocenters. The van der Waals surface area contributed by atoms with Crippen LogP contribution < -0.4 is 5.32 Å². The minimum absolute atomic E-state index is 0.116. The van der Waals surface area contributed by atoms with Crippen LogP contribution in [-0.4, -0.2) is 22.5 Å². The Morgan fingerprint density at radius 2 is 1.85 bits per heavy atom. The van der Waals surface area contributed by atoms with Crippen LogP contribution in [0.4, 0.5) is 5.69 Å². The Kier molecular flexibility index (Phi) is 6.67. The summed E-state index contributed by atoms with van der Waals surface area (Å²) >= 11 is 4.64. The highest BCUT2D eigenvalue weighted by Crippen LogP contribution is 2.23. The number of aromatic nitrogens is 2. The third kappa shape index (κ3) is 3.54. The van der Waals surface area contributed by atoms with E-state index >= 15 is 0 Å². The molecule has 2 aromatic rings. The maximum absolute atomic E-state index is 11.9. The van der Waals surface area contributed by atoms with Gasteiger partial charge < -0.3 is 5.32 Å². The van der Waals surface area contributed by atoms with Crippen molar-refractivity contribution >= 4 is 23.2 Å². The SMILES string of the molecule is CC.CCl.O=C1Nc2ccccc2Cc2nnccc21. The fourth-order valence-corrected chi connectivity index (χ4v) is 1.86. The van der Waals surface area contributed by atoms with Crippen LogP contribution in [0.25, 0.3) is 0 Å². The number of hydrogen-bond acceptors (Lipinski definition) is 3. The van der Waals surface area contributed by atoms with Crippen molar-refractivity contribution in [2.45, 2.75) is 20.3 Å². The van der Waals surface area contributed by atoms with E-state index in [0.29, 0.717) is 12.0 Å². The van der Waals surface area contributed by atoms with E-state index in [9.17, 15) is 4.79 Å². The highest BCUT2D eigenvalue weighted by molar-refractivity contribution is 6.15. The number of nitrogens with zero attached hydrogens (tertiary/aromatic N) is 2. The molecule has 1 aromatic carbocycles. The highest BCUT2D eigenvalue weighted by Gasteiger charge is 2.19. The lowest BCUT2D eigenvalue weighted by atomic mass is 10.1. The zero-order valence-electron chi connectivity index (χ0n) is 11.9. The number of carbonyl (C=O) groups is 1. The predicted molar refractivity (Wildman–Crippen MR) is 82.4 cm³/mol. The lowest BCUT2D eigenvalue weighted by molar-refractivity contribution is 0.102. The summed E-state index contributed by atoms with van der Waals surface area (Å²) in [6.45, 7) is 4.00. The van der Waals surface area contributed by atoms with Crippen molar-refractivity contribution in [1.82, 2.24) is 10.2 Å². The van der Waals surface area contributed by atoms with E-state index in [0.717, 1.165) is 16.9 Å². The molecule has 4 nitrogen and oxygen atoms in total. The Hall–Kier alpha value is -1.94. The van der Waals surface area contributed by atoms with E-state index in [1.165, 1.54) is 12.6 Å². The van der Waals surface area contributed by atoms with Crippen molar-refractivity contribution in [3.63, 3.8) is 0 Å². The monoisotopic (exact) mass is 291 g/mol. The lowest BCUT2D eigenvalue weighted by Gasteiger charge is -2.04. The van der Waals surface area contributed by atoms with Crippen molar-refractivity contribution < 1.29 is 4.79 Å². The second kappa shape index (κ2) is 8.27. The summed E-state index contributed by atoms with van der Waals surface area (Å²) in [5.74, 6) is -0.116. The summed E-state index contributed by atoms with van der Waals surface area (Å²) in [4.78, 5) is 11.9. The van der Waals surface area contributed by atoms with Gasteiger partial charge in [-0.2, -0.15) is 10.2 Å². The summed E-state index contributed by atoms with van der Waals surface area (Å²) in [6.07, 6.45) is 3.65. The summed E-state index contributed by atoms with van der Waals surface area (Å²) in [5.41, 5.74) is 3.25. The second-order valence-electron chi connectivity index (χ2n) is 3.68. The first-order chi connectivity index (χ1) is 9.84. The van der Waals surface area contributed by atoms with E-state index < -0.39 is 0 Å². The van der Waals surface area contributed by atoms with Gasteiger partial charge in [0.1, 0.15) is 0 Å². The Morgan fingerprint density at radius 3 is 2.60 bits per heavy atom. The van der Waals surface area contributed by atoms with Gasteiger partial charge in [-0.25, -0.2) is 0 Å². The molecule has 0 saturated heterocycles.